The van der Waals surface area contributed by atoms with E-state index in [0.717, 1.165) is 11.3 Å². The van der Waals surface area contributed by atoms with E-state index in [9.17, 15) is 4.79 Å². The SMILES string of the molecule is Cc1cccc(OCc2ccc(C(=O)Nc3ccn(Cc4ccccc4C)n3)o2)c1. The third kappa shape index (κ3) is 4.78. The van der Waals surface area contributed by atoms with Gasteiger partial charge in [-0.05, 0) is 54.8 Å². The fraction of sp³-hybridized carbons (Fsp3) is 0.167. The summed E-state index contributed by atoms with van der Waals surface area (Å²) in [7, 11) is 0. The number of aryl methyl sites for hydroxylation is 2. The lowest BCUT2D eigenvalue weighted by Crippen LogP contribution is -2.12. The van der Waals surface area contributed by atoms with Crippen LogP contribution in [0.4, 0.5) is 5.82 Å². The number of carbonyl (C=O) groups excluding carboxylic acids is 1. The van der Waals surface area contributed by atoms with Crippen molar-refractivity contribution in [3.63, 3.8) is 0 Å². The van der Waals surface area contributed by atoms with Gasteiger partial charge < -0.3 is 14.5 Å². The minimum atomic E-state index is -0.349. The molecule has 2 aromatic heterocycles. The zero-order valence-corrected chi connectivity index (χ0v) is 17.0. The van der Waals surface area contributed by atoms with Gasteiger partial charge >= 0.3 is 0 Å². The van der Waals surface area contributed by atoms with E-state index in [2.05, 4.69) is 29.5 Å². The molecular weight excluding hydrogens is 378 g/mol. The Bertz CT molecular complexity index is 1160. The van der Waals surface area contributed by atoms with Crippen LogP contribution in [0.3, 0.4) is 0 Å². The van der Waals surface area contributed by atoms with Crippen molar-refractivity contribution in [1.29, 1.82) is 0 Å². The lowest BCUT2D eigenvalue weighted by molar-refractivity contribution is 0.0992. The molecule has 0 aliphatic heterocycles. The van der Waals surface area contributed by atoms with Gasteiger partial charge in [-0.15, -0.1) is 0 Å². The fourth-order valence-corrected chi connectivity index (χ4v) is 3.09. The minimum Gasteiger partial charge on any atom is -0.486 e. The zero-order chi connectivity index (χ0) is 20.9. The van der Waals surface area contributed by atoms with E-state index in [4.69, 9.17) is 9.15 Å². The Balaban J connectivity index is 1.34. The first-order chi connectivity index (χ1) is 14.6. The smallest absolute Gasteiger partial charge is 0.292 e. The van der Waals surface area contributed by atoms with Crippen LogP contribution in [0.5, 0.6) is 5.75 Å². The van der Waals surface area contributed by atoms with Gasteiger partial charge in [0, 0.05) is 12.3 Å². The van der Waals surface area contributed by atoms with Gasteiger partial charge in [-0.25, -0.2) is 0 Å². The summed E-state index contributed by atoms with van der Waals surface area (Å²) in [6.07, 6.45) is 1.84. The van der Waals surface area contributed by atoms with Crippen molar-refractivity contribution in [1.82, 2.24) is 9.78 Å². The van der Waals surface area contributed by atoms with Gasteiger partial charge in [-0.2, -0.15) is 5.10 Å². The number of amides is 1. The largest absolute Gasteiger partial charge is 0.486 e. The highest BCUT2D eigenvalue weighted by molar-refractivity contribution is 6.01. The molecule has 4 rings (SSSR count). The Morgan fingerprint density at radius 1 is 1.07 bits per heavy atom. The number of carbonyl (C=O) groups is 1. The third-order valence-electron chi connectivity index (χ3n) is 4.73. The third-order valence-corrected chi connectivity index (χ3v) is 4.73. The number of aromatic nitrogens is 2. The van der Waals surface area contributed by atoms with Gasteiger partial charge in [0.1, 0.15) is 18.1 Å². The molecule has 0 saturated carbocycles. The van der Waals surface area contributed by atoms with Crippen LogP contribution in [-0.4, -0.2) is 15.7 Å². The molecule has 0 saturated heterocycles. The molecular formula is C24H23N3O3. The highest BCUT2D eigenvalue weighted by Gasteiger charge is 2.13. The van der Waals surface area contributed by atoms with Gasteiger partial charge in [0.25, 0.3) is 5.91 Å². The zero-order valence-electron chi connectivity index (χ0n) is 17.0. The molecule has 0 aliphatic carbocycles. The van der Waals surface area contributed by atoms with Crippen molar-refractivity contribution < 1.29 is 13.9 Å². The van der Waals surface area contributed by atoms with E-state index < -0.39 is 0 Å². The van der Waals surface area contributed by atoms with E-state index in [0.29, 0.717) is 18.1 Å². The number of furan rings is 1. The molecule has 0 spiro atoms. The molecule has 0 aliphatic rings. The normalized spacial score (nSPS) is 10.7. The number of nitrogens with one attached hydrogen (secondary N) is 1. The van der Waals surface area contributed by atoms with Crippen molar-refractivity contribution in [3.05, 3.63) is 101 Å². The van der Waals surface area contributed by atoms with Crippen LogP contribution in [0.2, 0.25) is 0 Å². The molecule has 152 valence electrons. The van der Waals surface area contributed by atoms with Gasteiger partial charge in [0.05, 0.1) is 6.54 Å². The Morgan fingerprint density at radius 2 is 1.93 bits per heavy atom. The van der Waals surface area contributed by atoms with Crippen LogP contribution in [0, 0.1) is 13.8 Å². The standard InChI is InChI=1S/C24H23N3O3/c1-17-6-5-9-20(14-17)29-16-21-10-11-22(30-21)24(28)25-23-12-13-27(26-23)15-19-8-4-3-7-18(19)2/h3-14H,15-16H2,1-2H3,(H,25,26,28). The number of hydrogen-bond acceptors (Lipinski definition) is 4. The fourth-order valence-electron chi connectivity index (χ4n) is 3.09. The summed E-state index contributed by atoms with van der Waals surface area (Å²) < 4.78 is 13.1. The van der Waals surface area contributed by atoms with E-state index in [-0.39, 0.29) is 18.3 Å². The van der Waals surface area contributed by atoms with E-state index in [1.54, 1.807) is 22.9 Å². The molecule has 0 bridgehead atoms. The molecule has 2 aromatic carbocycles. The second-order valence-electron chi connectivity index (χ2n) is 7.15. The number of benzene rings is 2. The average Bonchev–Trinajstić information content (AvgIpc) is 3.38. The summed E-state index contributed by atoms with van der Waals surface area (Å²) in [5.41, 5.74) is 3.51. The van der Waals surface area contributed by atoms with Crippen LogP contribution in [-0.2, 0) is 13.2 Å². The number of anilines is 1. The molecule has 6 nitrogen and oxygen atoms in total. The minimum absolute atomic E-state index is 0.214. The van der Waals surface area contributed by atoms with Crippen LogP contribution < -0.4 is 10.1 Å². The summed E-state index contributed by atoms with van der Waals surface area (Å²) in [5, 5.41) is 7.19. The van der Waals surface area contributed by atoms with Crippen molar-refractivity contribution in [2.75, 3.05) is 5.32 Å². The van der Waals surface area contributed by atoms with Crippen molar-refractivity contribution in [2.45, 2.75) is 27.0 Å². The van der Waals surface area contributed by atoms with Crippen LogP contribution in [0.25, 0.3) is 0 Å². The average molecular weight is 401 g/mol. The second-order valence-corrected chi connectivity index (χ2v) is 7.15. The Labute approximate surface area is 175 Å². The maximum atomic E-state index is 12.5. The molecule has 0 atom stereocenters. The monoisotopic (exact) mass is 401 g/mol. The highest BCUT2D eigenvalue weighted by atomic mass is 16.5. The van der Waals surface area contributed by atoms with Gasteiger partial charge in [-0.1, -0.05) is 36.4 Å². The maximum Gasteiger partial charge on any atom is 0.292 e. The molecule has 0 fully saturated rings. The van der Waals surface area contributed by atoms with Gasteiger partial charge in [0.15, 0.2) is 11.6 Å². The molecule has 0 unspecified atom stereocenters. The molecule has 2 heterocycles. The quantitative estimate of drug-likeness (QED) is 0.475. The topological polar surface area (TPSA) is 69.3 Å². The van der Waals surface area contributed by atoms with Gasteiger partial charge in [-0.3, -0.25) is 9.48 Å². The Morgan fingerprint density at radius 3 is 2.77 bits per heavy atom. The number of hydrogen-bond donors (Lipinski definition) is 1. The summed E-state index contributed by atoms with van der Waals surface area (Å²) in [5.74, 6) is 1.68. The summed E-state index contributed by atoms with van der Waals surface area (Å²) in [4.78, 5) is 12.5. The highest BCUT2D eigenvalue weighted by Crippen LogP contribution is 2.17. The van der Waals surface area contributed by atoms with Crippen molar-refractivity contribution in [3.8, 4) is 5.75 Å². The molecule has 1 amide bonds. The molecule has 30 heavy (non-hydrogen) atoms. The predicted molar refractivity (Wildman–Crippen MR) is 115 cm³/mol. The molecule has 4 aromatic rings. The molecule has 1 N–H and O–H groups in total. The van der Waals surface area contributed by atoms with E-state index in [1.807, 2.05) is 49.5 Å². The predicted octanol–water partition coefficient (Wildman–Crippen LogP) is 4.97. The van der Waals surface area contributed by atoms with Gasteiger partial charge in [0.2, 0.25) is 0 Å². The summed E-state index contributed by atoms with van der Waals surface area (Å²) in [6, 6.07) is 21.1. The Hall–Kier alpha value is -3.80. The first-order valence-electron chi connectivity index (χ1n) is 9.74. The van der Waals surface area contributed by atoms with Crippen LogP contribution >= 0.6 is 0 Å². The lowest BCUT2D eigenvalue weighted by atomic mass is 10.1. The summed E-state index contributed by atoms with van der Waals surface area (Å²) in [6.45, 7) is 4.97. The number of rotatable bonds is 7. The second kappa shape index (κ2) is 8.69. The lowest BCUT2D eigenvalue weighted by Gasteiger charge is -2.05. The van der Waals surface area contributed by atoms with Crippen molar-refractivity contribution in [2.24, 2.45) is 0 Å². The number of ether oxygens (including phenoxy) is 1. The number of nitrogens with zero attached hydrogens (tertiary/aromatic N) is 2. The van der Waals surface area contributed by atoms with Crippen LogP contribution in [0.15, 0.2) is 77.3 Å². The summed E-state index contributed by atoms with van der Waals surface area (Å²) >= 11 is 0. The first-order valence-corrected chi connectivity index (χ1v) is 9.74. The Kier molecular flexibility index (Phi) is 5.66. The first kappa shape index (κ1) is 19.5. The van der Waals surface area contributed by atoms with Crippen molar-refractivity contribution >= 4 is 11.7 Å². The molecule has 6 heteroatoms. The van der Waals surface area contributed by atoms with E-state index >= 15 is 0 Å². The van der Waals surface area contributed by atoms with Crippen LogP contribution in [0.1, 0.15) is 33.0 Å². The van der Waals surface area contributed by atoms with E-state index in [1.165, 1.54) is 11.1 Å². The molecule has 0 radical (unpaired) electrons. The maximum absolute atomic E-state index is 12.5.